The first-order valence-electron chi connectivity index (χ1n) is 7.61. The Morgan fingerprint density at radius 1 is 1.21 bits per heavy atom. The number of hydrogen-bond donors (Lipinski definition) is 1. The Kier molecular flexibility index (Phi) is 4.81. The van der Waals surface area contributed by atoms with Gasteiger partial charge in [0, 0.05) is 10.9 Å². The van der Waals surface area contributed by atoms with Crippen LogP contribution in [-0.2, 0) is 0 Å². The van der Waals surface area contributed by atoms with Crippen molar-refractivity contribution in [2.75, 3.05) is 31.9 Å². The maximum Gasteiger partial charge on any atom is 0.0339 e. The fourth-order valence-corrected chi connectivity index (χ4v) is 4.26. The molecule has 1 fully saturated rings. The molecule has 0 aromatic heterocycles. The minimum Gasteiger partial charge on any atom is -0.310 e. The van der Waals surface area contributed by atoms with Crippen LogP contribution in [0.15, 0.2) is 29.2 Å². The lowest BCUT2D eigenvalue weighted by molar-refractivity contribution is 0.326. The summed E-state index contributed by atoms with van der Waals surface area (Å²) in [5, 5.41) is 3.76. The lowest BCUT2D eigenvalue weighted by Gasteiger charge is -2.26. The van der Waals surface area contributed by atoms with Crippen LogP contribution in [0.25, 0.3) is 0 Å². The summed E-state index contributed by atoms with van der Waals surface area (Å²) in [4.78, 5) is 4.08. The molecule has 1 aromatic rings. The summed E-state index contributed by atoms with van der Waals surface area (Å²) in [5.41, 5.74) is 1.51. The van der Waals surface area contributed by atoms with Crippen molar-refractivity contribution >= 4 is 11.8 Å². The van der Waals surface area contributed by atoms with E-state index in [1.807, 2.05) is 11.8 Å². The number of likely N-dealkylation sites (tertiary alicyclic amines) is 1. The highest BCUT2D eigenvalue weighted by Gasteiger charge is 2.19. The molecular formula is C16H24N2S. The van der Waals surface area contributed by atoms with E-state index < -0.39 is 0 Å². The zero-order chi connectivity index (χ0) is 12.9. The Balaban J connectivity index is 1.45. The van der Waals surface area contributed by atoms with Crippen LogP contribution in [0.4, 0.5) is 0 Å². The van der Waals surface area contributed by atoms with Gasteiger partial charge in [-0.1, -0.05) is 18.2 Å². The van der Waals surface area contributed by atoms with Crippen LogP contribution in [0.3, 0.4) is 0 Å². The van der Waals surface area contributed by atoms with Gasteiger partial charge in [0.25, 0.3) is 0 Å². The van der Waals surface area contributed by atoms with E-state index in [0.29, 0.717) is 6.04 Å². The first-order chi connectivity index (χ1) is 9.43. The van der Waals surface area contributed by atoms with Crippen LogP contribution >= 0.6 is 11.8 Å². The Labute approximate surface area is 121 Å². The third kappa shape index (κ3) is 3.53. The van der Waals surface area contributed by atoms with Gasteiger partial charge in [0.05, 0.1) is 0 Å². The summed E-state index contributed by atoms with van der Waals surface area (Å²) in [7, 11) is 0. The molecule has 1 saturated heterocycles. The van der Waals surface area contributed by atoms with Gasteiger partial charge in [-0.2, -0.15) is 0 Å². The quantitative estimate of drug-likeness (QED) is 0.831. The minimum atomic E-state index is 0.580. The van der Waals surface area contributed by atoms with Crippen molar-refractivity contribution in [3.05, 3.63) is 29.8 Å². The van der Waals surface area contributed by atoms with Crippen molar-refractivity contribution in [2.45, 2.75) is 36.6 Å². The fraction of sp³-hybridized carbons (Fsp3) is 0.625. The SMILES string of the molecule is c1ccc2c(c1)SCCC2NCCCN1CCCC1. The molecule has 0 spiro atoms. The van der Waals surface area contributed by atoms with E-state index >= 15 is 0 Å². The number of fused-ring (bicyclic) bond motifs is 1. The van der Waals surface area contributed by atoms with Gasteiger partial charge in [0.1, 0.15) is 0 Å². The third-order valence-electron chi connectivity index (χ3n) is 4.20. The standard InChI is InChI=1S/C16H24N2S/c1-2-7-16-14(6-1)15(8-13-19-16)17-9-5-12-18-10-3-4-11-18/h1-2,6-7,15,17H,3-5,8-13H2. The Bertz CT molecular complexity index is 401. The first-order valence-corrected chi connectivity index (χ1v) is 8.59. The molecule has 0 radical (unpaired) electrons. The monoisotopic (exact) mass is 276 g/mol. The largest absolute Gasteiger partial charge is 0.310 e. The van der Waals surface area contributed by atoms with Crippen molar-refractivity contribution < 1.29 is 0 Å². The third-order valence-corrected chi connectivity index (χ3v) is 5.32. The second kappa shape index (κ2) is 6.78. The molecule has 1 atom stereocenters. The van der Waals surface area contributed by atoms with Crippen molar-refractivity contribution in [1.82, 2.24) is 10.2 Å². The average molecular weight is 276 g/mol. The highest BCUT2D eigenvalue weighted by atomic mass is 32.2. The van der Waals surface area contributed by atoms with Gasteiger partial charge in [-0.15, -0.1) is 11.8 Å². The predicted molar refractivity (Wildman–Crippen MR) is 82.8 cm³/mol. The second-order valence-corrected chi connectivity index (χ2v) is 6.72. The van der Waals surface area contributed by atoms with Crippen molar-refractivity contribution in [1.29, 1.82) is 0 Å². The van der Waals surface area contributed by atoms with Crippen LogP contribution in [0.1, 0.15) is 37.3 Å². The van der Waals surface area contributed by atoms with Crippen LogP contribution in [-0.4, -0.2) is 36.8 Å². The number of hydrogen-bond acceptors (Lipinski definition) is 3. The molecule has 2 aliphatic rings. The van der Waals surface area contributed by atoms with Gasteiger partial charge >= 0.3 is 0 Å². The Hall–Kier alpha value is -0.510. The summed E-state index contributed by atoms with van der Waals surface area (Å²) >= 11 is 2.00. The van der Waals surface area contributed by atoms with E-state index in [2.05, 4.69) is 34.5 Å². The maximum atomic E-state index is 3.76. The maximum absolute atomic E-state index is 3.76. The second-order valence-electron chi connectivity index (χ2n) is 5.58. The molecule has 2 aliphatic heterocycles. The molecule has 2 nitrogen and oxygen atoms in total. The summed E-state index contributed by atoms with van der Waals surface area (Å²) in [5.74, 6) is 1.25. The number of nitrogens with one attached hydrogen (secondary N) is 1. The van der Waals surface area contributed by atoms with Crippen LogP contribution in [0, 0.1) is 0 Å². The summed E-state index contributed by atoms with van der Waals surface area (Å²) in [6, 6.07) is 9.46. The van der Waals surface area contributed by atoms with Gasteiger partial charge < -0.3 is 10.2 Å². The topological polar surface area (TPSA) is 15.3 Å². The molecule has 1 N–H and O–H groups in total. The highest BCUT2D eigenvalue weighted by Crippen LogP contribution is 2.35. The van der Waals surface area contributed by atoms with E-state index in [4.69, 9.17) is 0 Å². The summed E-state index contributed by atoms with van der Waals surface area (Å²) in [6.45, 7) is 5.07. The molecule has 0 bridgehead atoms. The summed E-state index contributed by atoms with van der Waals surface area (Å²) < 4.78 is 0. The van der Waals surface area contributed by atoms with Gasteiger partial charge in [0.2, 0.25) is 0 Å². The molecule has 0 aliphatic carbocycles. The zero-order valence-electron chi connectivity index (χ0n) is 11.6. The Morgan fingerprint density at radius 2 is 2.05 bits per heavy atom. The van der Waals surface area contributed by atoms with E-state index in [9.17, 15) is 0 Å². The van der Waals surface area contributed by atoms with Gasteiger partial charge in [-0.25, -0.2) is 0 Å². The van der Waals surface area contributed by atoms with Crippen LogP contribution < -0.4 is 5.32 Å². The number of thioether (sulfide) groups is 1. The lowest BCUT2D eigenvalue weighted by atomic mass is 10.0. The predicted octanol–water partition coefficient (Wildman–Crippen LogP) is 3.30. The molecule has 19 heavy (non-hydrogen) atoms. The number of nitrogens with zero attached hydrogens (tertiary/aromatic N) is 1. The average Bonchev–Trinajstić information content (AvgIpc) is 2.97. The zero-order valence-corrected chi connectivity index (χ0v) is 12.4. The van der Waals surface area contributed by atoms with E-state index in [-0.39, 0.29) is 0 Å². The molecule has 3 heteroatoms. The van der Waals surface area contributed by atoms with Crippen molar-refractivity contribution in [3.63, 3.8) is 0 Å². The van der Waals surface area contributed by atoms with Crippen LogP contribution in [0.2, 0.25) is 0 Å². The van der Waals surface area contributed by atoms with E-state index in [0.717, 1.165) is 6.54 Å². The molecule has 104 valence electrons. The first kappa shape index (κ1) is 13.5. The van der Waals surface area contributed by atoms with Crippen molar-refractivity contribution in [3.8, 4) is 0 Å². The number of rotatable bonds is 5. The van der Waals surface area contributed by atoms with E-state index in [1.54, 1.807) is 0 Å². The normalized spacial score (nSPS) is 23.5. The molecule has 0 amide bonds. The van der Waals surface area contributed by atoms with Gasteiger partial charge in [0.15, 0.2) is 0 Å². The van der Waals surface area contributed by atoms with E-state index in [1.165, 1.54) is 61.5 Å². The molecular weight excluding hydrogens is 252 g/mol. The highest BCUT2D eigenvalue weighted by molar-refractivity contribution is 7.99. The molecule has 1 unspecified atom stereocenters. The molecule has 3 rings (SSSR count). The Morgan fingerprint density at radius 3 is 2.95 bits per heavy atom. The molecule has 2 heterocycles. The van der Waals surface area contributed by atoms with Gasteiger partial charge in [-0.05, 0) is 69.2 Å². The molecule has 1 aromatic carbocycles. The summed E-state index contributed by atoms with van der Waals surface area (Å²) in [6.07, 6.45) is 5.36. The van der Waals surface area contributed by atoms with Crippen LogP contribution in [0.5, 0.6) is 0 Å². The van der Waals surface area contributed by atoms with Crippen molar-refractivity contribution in [2.24, 2.45) is 0 Å². The smallest absolute Gasteiger partial charge is 0.0339 e. The van der Waals surface area contributed by atoms with Gasteiger partial charge in [-0.3, -0.25) is 0 Å². The number of benzene rings is 1. The fourth-order valence-electron chi connectivity index (χ4n) is 3.14. The molecule has 0 saturated carbocycles. The lowest BCUT2D eigenvalue weighted by Crippen LogP contribution is -2.28. The minimum absolute atomic E-state index is 0.580.